The fourth-order valence-corrected chi connectivity index (χ4v) is 4.58. The normalized spacial score (nSPS) is 19.1. The van der Waals surface area contributed by atoms with Crippen molar-refractivity contribution >= 4 is 5.82 Å². The van der Waals surface area contributed by atoms with E-state index in [-0.39, 0.29) is 29.3 Å². The highest BCUT2D eigenvalue weighted by Crippen LogP contribution is 2.40. The van der Waals surface area contributed by atoms with Gasteiger partial charge in [0.1, 0.15) is 12.4 Å². The van der Waals surface area contributed by atoms with Crippen LogP contribution in [0.3, 0.4) is 0 Å². The summed E-state index contributed by atoms with van der Waals surface area (Å²) in [4.78, 5) is 24.8. The number of piperidine rings is 1. The second-order valence-electron chi connectivity index (χ2n) is 8.95. The maximum absolute atomic E-state index is 14.5. The molecule has 36 heavy (non-hydrogen) atoms. The van der Waals surface area contributed by atoms with E-state index < -0.39 is 35.1 Å². The van der Waals surface area contributed by atoms with Crippen LogP contribution in [0, 0.1) is 11.6 Å². The van der Waals surface area contributed by atoms with Crippen LogP contribution in [0.5, 0.6) is 17.4 Å². The van der Waals surface area contributed by atoms with Crippen LogP contribution in [0.15, 0.2) is 35.4 Å². The summed E-state index contributed by atoms with van der Waals surface area (Å²) in [5.74, 6) is -4.11. The molecule has 190 valence electrons. The quantitative estimate of drug-likeness (QED) is 0.470. The molecule has 0 aliphatic carbocycles. The Hall–Kier alpha value is -3.77. The number of aromatic nitrogens is 4. The minimum absolute atomic E-state index is 0.0316. The molecule has 13 heteroatoms. The van der Waals surface area contributed by atoms with Gasteiger partial charge in [0.05, 0.1) is 24.5 Å². The highest BCUT2D eigenvalue weighted by Gasteiger charge is 2.42. The van der Waals surface area contributed by atoms with Gasteiger partial charge in [-0.15, -0.1) is 0 Å². The van der Waals surface area contributed by atoms with Gasteiger partial charge in [0.15, 0.2) is 23.1 Å². The number of rotatable bonds is 5. The van der Waals surface area contributed by atoms with E-state index in [2.05, 4.69) is 26.8 Å². The van der Waals surface area contributed by atoms with E-state index >= 15 is 0 Å². The maximum Gasteiger partial charge on any atom is 0.451 e. The first-order valence-corrected chi connectivity index (χ1v) is 11.1. The zero-order valence-electron chi connectivity index (χ0n) is 19.0. The lowest BCUT2D eigenvalue weighted by Crippen LogP contribution is -2.47. The highest BCUT2D eigenvalue weighted by molar-refractivity contribution is 5.49. The summed E-state index contributed by atoms with van der Waals surface area (Å²) in [6, 6.07) is 3.54. The molecule has 2 aromatic heterocycles. The molecule has 1 unspecified atom stereocenters. The molecule has 1 aromatic carbocycles. The van der Waals surface area contributed by atoms with Gasteiger partial charge in [0, 0.05) is 12.6 Å². The van der Waals surface area contributed by atoms with Crippen molar-refractivity contribution in [2.45, 2.75) is 51.1 Å². The molecule has 1 fully saturated rings. The van der Waals surface area contributed by atoms with Crippen LogP contribution in [0.1, 0.15) is 37.6 Å². The molecule has 1 saturated heterocycles. The summed E-state index contributed by atoms with van der Waals surface area (Å²) < 4.78 is 79.0. The number of hydrogen-bond acceptors (Lipinski definition) is 7. The molecule has 0 N–H and O–H groups in total. The molecule has 2 aliphatic rings. The van der Waals surface area contributed by atoms with Gasteiger partial charge >= 0.3 is 11.9 Å². The number of benzene rings is 1. The minimum atomic E-state index is -4.76. The van der Waals surface area contributed by atoms with Crippen molar-refractivity contribution in [3.05, 3.63) is 64.1 Å². The molecular formula is C23H20F5N5O3. The standard InChI is InChI=1S/C23H20F5N5O3/c1-22-4-2-3-5-33(22)18-8-17(31-21(34)32(18)12-22)35-11-13-6-15(24)19(16(25)7-13)36-14-9-29-20(30-10-14)23(26,27)28/h6-10H,2-5,11-12H2,1H3. The smallest absolute Gasteiger partial charge is 0.451 e. The van der Waals surface area contributed by atoms with Gasteiger partial charge in [-0.3, -0.25) is 4.57 Å². The Morgan fingerprint density at radius 1 is 1.08 bits per heavy atom. The predicted molar refractivity (Wildman–Crippen MR) is 116 cm³/mol. The topological polar surface area (TPSA) is 82.4 Å². The Balaban J connectivity index is 1.30. The Labute approximate surface area is 201 Å². The summed E-state index contributed by atoms with van der Waals surface area (Å²) in [5.41, 5.74) is -0.533. The van der Waals surface area contributed by atoms with E-state index in [0.29, 0.717) is 24.8 Å². The fraction of sp³-hybridized carbons (Fsp3) is 0.391. The van der Waals surface area contributed by atoms with E-state index in [1.54, 1.807) is 10.6 Å². The van der Waals surface area contributed by atoms with Crippen molar-refractivity contribution in [2.75, 3.05) is 11.4 Å². The molecule has 1 atom stereocenters. The zero-order chi connectivity index (χ0) is 25.7. The number of nitrogens with zero attached hydrogens (tertiary/aromatic N) is 5. The molecule has 5 rings (SSSR count). The molecule has 0 saturated carbocycles. The second-order valence-corrected chi connectivity index (χ2v) is 8.95. The molecule has 2 aliphatic heterocycles. The van der Waals surface area contributed by atoms with E-state index in [0.717, 1.165) is 37.9 Å². The monoisotopic (exact) mass is 509 g/mol. The summed E-state index contributed by atoms with van der Waals surface area (Å²) in [6.07, 6.45) is -0.392. The third kappa shape index (κ3) is 4.44. The largest absolute Gasteiger partial charge is 0.473 e. The predicted octanol–water partition coefficient (Wildman–Crippen LogP) is 4.46. The van der Waals surface area contributed by atoms with Gasteiger partial charge in [-0.2, -0.15) is 18.2 Å². The molecule has 8 nitrogen and oxygen atoms in total. The minimum Gasteiger partial charge on any atom is -0.473 e. The van der Waals surface area contributed by atoms with Gasteiger partial charge in [0.25, 0.3) is 0 Å². The molecule has 0 spiro atoms. The Kier molecular flexibility index (Phi) is 5.80. The summed E-state index contributed by atoms with van der Waals surface area (Å²) in [7, 11) is 0. The molecule has 0 radical (unpaired) electrons. The van der Waals surface area contributed by atoms with Crippen LogP contribution in [-0.4, -0.2) is 31.6 Å². The first-order chi connectivity index (χ1) is 17.0. The van der Waals surface area contributed by atoms with E-state index in [1.165, 1.54) is 0 Å². The van der Waals surface area contributed by atoms with Crippen LogP contribution in [0.2, 0.25) is 0 Å². The Morgan fingerprint density at radius 3 is 2.44 bits per heavy atom. The second kappa shape index (κ2) is 8.71. The van der Waals surface area contributed by atoms with E-state index in [4.69, 9.17) is 9.47 Å². The number of anilines is 1. The molecule has 0 bridgehead atoms. The van der Waals surface area contributed by atoms with Gasteiger partial charge in [-0.1, -0.05) is 0 Å². The van der Waals surface area contributed by atoms with Crippen LogP contribution >= 0.6 is 0 Å². The van der Waals surface area contributed by atoms with Crippen molar-refractivity contribution in [3.63, 3.8) is 0 Å². The maximum atomic E-state index is 14.5. The lowest BCUT2D eigenvalue weighted by atomic mass is 9.90. The van der Waals surface area contributed by atoms with Crippen molar-refractivity contribution in [2.24, 2.45) is 0 Å². The van der Waals surface area contributed by atoms with Crippen molar-refractivity contribution in [1.29, 1.82) is 0 Å². The lowest BCUT2D eigenvalue weighted by molar-refractivity contribution is -0.145. The molecule has 0 amide bonds. The Morgan fingerprint density at radius 2 is 1.78 bits per heavy atom. The average Bonchev–Trinajstić information content (AvgIpc) is 3.13. The van der Waals surface area contributed by atoms with Gasteiger partial charge in [-0.05, 0) is 43.9 Å². The van der Waals surface area contributed by atoms with Crippen LogP contribution in [0.25, 0.3) is 0 Å². The van der Waals surface area contributed by atoms with Gasteiger partial charge in [0.2, 0.25) is 11.7 Å². The Bertz CT molecular complexity index is 1340. The third-order valence-corrected chi connectivity index (χ3v) is 6.29. The molecule has 4 heterocycles. The van der Waals surface area contributed by atoms with Crippen LogP contribution in [-0.2, 0) is 19.3 Å². The first-order valence-electron chi connectivity index (χ1n) is 11.1. The average molecular weight is 509 g/mol. The van der Waals surface area contributed by atoms with Gasteiger partial charge < -0.3 is 14.4 Å². The van der Waals surface area contributed by atoms with Crippen molar-refractivity contribution in [3.8, 4) is 17.4 Å². The molecular weight excluding hydrogens is 489 g/mol. The molecule has 3 aromatic rings. The van der Waals surface area contributed by atoms with Crippen LogP contribution < -0.4 is 20.1 Å². The van der Waals surface area contributed by atoms with Crippen LogP contribution in [0.4, 0.5) is 27.8 Å². The number of ether oxygens (including phenoxy) is 2. The van der Waals surface area contributed by atoms with Crippen molar-refractivity contribution < 1.29 is 31.4 Å². The summed E-state index contributed by atoms with van der Waals surface area (Å²) in [5, 5.41) is 0. The lowest BCUT2D eigenvalue weighted by Gasteiger charge is -2.40. The number of hydrogen-bond donors (Lipinski definition) is 0. The van der Waals surface area contributed by atoms with E-state index in [1.807, 2.05) is 0 Å². The first kappa shape index (κ1) is 23.9. The zero-order valence-corrected chi connectivity index (χ0v) is 19.0. The van der Waals surface area contributed by atoms with Crippen molar-refractivity contribution in [1.82, 2.24) is 19.5 Å². The summed E-state index contributed by atoms with van der Waals surface area (Å²) in [6.45, 7) is 3.16. The summed E-state index contributed by atoms with van der Waals surface area (Å²) >= 11 is 0. The SMILES string of the molecule is CC12CCCCN1c1cc(OCc3cc(F)c(Oc4cnc(C(F)(F)F)nc4)c(F)c3)nc(=O)n1C2. The number of halogens is 5. The van der Waals surface area contributed by atoms with E-state index in [9.17, 15) is 26.7 Å². The van der Waals surface area contributed by atoms with Gasteiger partial charge in [-0.25, -0.2) is 23.5 Å². The third-order valence-electron chi connectivity index (χ3n) is 6.29. The number of alkyl halides is 3. The number of fused-ring (bicyclic) bond motifs is 3. The highest BCUT2D eigenvalue weighted by atomic mass is 19.4. The fourth-order valence-electron chi connectivity index (χ4n) is 4.58.